The summed E-state index contributed by atoms with van der Waals surface area (Å²) in [7, 11) is 0. The third-order valence-corrected chi connectivity index (χ3v) is 4.60. The number of nitrogens with zero attached hydrogens (tertiary/aromatic N) is 2. The largest absolute Gasteiger partial charge is 0.436 e. The number of benzene rings is 3. The zero-order valence-electron chi connectivity index (χ0n) is 14.5. The molecule has 0 saturated carbocycles. The van der Waals surface area contributed by atoms with Crippen molar-refractivity contribution in [3.63, 3.8) is 0 Å². The van der Waals surface area contributed by atoms with Crippen LogP contribution in [0.3, 0.4) is 0 Å². The summed E-state index contributed by atoms with van der Waals surface area (Å²) in [6.45, 7) is 4.05. The zero-order chi connectivity index (χ0) is 17.7. The molecule has 126 valence electrons. The lowest BCUT2D eigenvalue weighted by Gasteiger charge is -1.98. The van der Waals surface area contributed by atoms with Crippen LogP contribution < -0.4 is 0 Å². The van der Waals surface area contributed by atoms with Crippen molar-refractivity contribution < 1.29 is 8.83 Å². The van der Waals surface area contributed by atoms with Crippen LogP contribution in [0.2, 0.25) is 0 Å². The molecular weight excluding hydrogens is 324 g/mol. The molecule has 0 fully saturated rings. The smallest absolute Gasteiger partial charge is 0.227 e. The molecule has 0 radical (unpaired) electrons. The first-order valence-corrected chi connectivity index (χ1v) is 8.52. The van der Waals surface area contributed by atoms with Gasteiger partial charge in [-0.1, -0.05) is 24.3 Å². The minimum absolute atomic E-state index is 0.620. The lowest BCUT2D eigenvalue weighted by molar-refractivity contribution is 0.615. The van der Waals surface area contributed by atoms with E-state index in [0.717, 1.165) is 44.5 Å². The highest BCUT2D eigenvalue weighted by atomic mass is 16.4. The van der Waals surface area contributed by atoms with Gasteiger partial charge in [0.15, 0.2) is 11.2 Å². The molecule has 4 nitrogen and oxygen atoms in total. The molecule has 2 aromatic heterocycles. The molecule has 0 saturated heterocycles. The molecule has 0 bridgehead atoms. The van der Waals surface area contributed by atoms with Crippen LogP contribution in [0.4, 0.5) is 0 Å². The Balaban J connectivity index is 1.55. The van der Waals surface area contributed by atoms with E-state index in [9.17, 15) is 0 Å². The first-order valence-electron chi connectivity index (χ1n) is 8.52. The Hall–Kier alpha value is -3.40. The molecule has 3 aromatic carbocycles. The minimum atomic E-state index is 0.620. The molecule has 0 atom stereocenters. The first-order chi connectivity index (χ1) is 12.7. The summed E-state index contributed by atoms with van der Waals surface area (Å²) >= 11 is 0. The highest BCUT2D eigenvalue weighted by Crippen LogP contribution is 2.30. The van der Waals surface area contributed by atoms with Gasteiger partial charge in [-0.15, -0.1) is 0 Å². The van der Waals surface area contributed by atoms with E-state index in [-0.39, 0.29) is 0 Å². The molecule has 0 unspecified atom stereocenters. The van der Waals surface area contributed by atoms with Gasteiger partial charge in [0, 0.05) is 11.1 Å². The summed E-state index contributed by atoms with van der Waals surface area (Å²) in [4.78, 5) is 9.17. The molecule has 2 heterocycles. The zero-order valence-corrected chi connectivity index (χ0v) is 14.5. The summed E-state index contributed by atoms with van der Waals surface area (Å²) < 4.78 is 11.9. The van der Waals surface area contributed by atoms with E-state index >= 15 is 0 Å². The van der Waals surface area contributed by atoms with Gasteiger partial charge in [0.25, 0.3) is 0 Å². The SMILES string of the molecule is Cc1cccc2nc(-c3ccc(-c4nc5cccc(C)c5o4)cc3)oc12. The van der Waals surface area contributed by atoms with Crippen LogP contribution in [0.15, 0.2) is 69.5 Å². The van der Waals surface area contributed by atoms with Crippen molar-refractivity contribution in [1.29, 1.82) is 0 Å². The van der Waals surface area contributed by atoms with E-state index in [1.807, 2.05) is 74.5 Å². The van der Waals surface area contributed by atoms with E-state index in [0.29, 0.717) is 11.8 Å². The molecule has 0 N–H and O–H groups in total. The third-order valence-electron chi connectivity index (χ3n) is 4.60. The first kappa shape index (κ1) is 14.9. The summed E-state index contributed by atoms with van der Waals surface area (Å²) in [6, 6.07) is 19.9. The number of aryl methyl sites for hydroxylation is 2. The van der Waals surface area contributed by atoms with Crippen LogP contribution >= 0.6 is 0 Å². The molecule has 0 aliphatic rings. The van der Waals surface area contributed by atoms with Crippen LogP contribution in [-0.2, 0) is 0 Å². The van der Waals surface area contributed by atoms with Gasteiger partial charge in [0.05, 0.1) is 0 Å². The topological polar surface area (TPSA) is 52.1 Å². The molecule has 0 spiro atoms. The normalized spacial score (nSPS) is 11.5. The molecule has 0 aliphatic carbocycles. The predicted molar refractivity (Wildman–Crippen MR) is 102 cm³/mol. The predicted octanol–water partition coefficient (Wildman–Crippen LogP) is 5.92. The molecule has 0 aliphatic heterocycles. The molecule has 5 rings (SSSR count). The minimum Gasteiger partial charge on any atom is -0.436 e. The fourth-order valence-electron chi connectivity index (χ4n) is 3.18. The third kappa shape index (κ3) is 2.30. The van der Waals surface area contributed by atoms with Crippen molar-refractivity contribution in [2.75, 3.05) is 0 Å². The van der Waals surface area contributed by atoms with Gasteiger partial charge in [0.1, 0.15) is 11.0 Å². The Kier molecular flexibility index (Phi) is 3.19. The second-order valence-electron chi connectivity index (χ2n) is 6.46. The summed E-state index contributed by atoms with van der Waals surface area (Å²) in [5.41, 5.74) is 7.44. The number of hydrogen-bond donors (Lipinski definition) is 0. The van der Waals surface area contributed by atoms with Crippen LogP contribution in [-0.4, -0.2) is 9.97 Å². The van der Waals surface area contributed by atoms with Crippen molar-refractivity contribution in [1.82, 2.24) is 9.97 Å². The number of fused-ring (bicyclic) bond motifs is 2. The average Bonchev–Trinajstić information content (AvgIpc) is 3.28. The van der Waals surface area contributed by atoms with Crippen molar-refractivity contribution >= 4 is 22.2 Å². The van der Waals surface area contributed by atoms with E-state index < -0.39 is 0 Å². The van der Waals surface area contributed by atoms with Crippen LogP contribution in [0.25, 0.3) is 45.1 Å². The number of oxazole rings is 2. The van der Waals surface area contributed by atoms with E-state index in [1.54, 1.807) is 0 Å². The lowest BCUT2D eigenvalue weighted by atomic mass is 10.1. The maximum absolute atomic E-state index is 5.94. The Morgan fingerprint density at radius 2 is 1.00 bits per heavy atom. The highest BCUT2D eigenvalue weighted by Gasteiger charge is 2.12. The fourth-order valence-corrected chi connectivity index (χ4v) is 3.18. The van der Waals surface area contributed by atoms with Crippen molar-refractivity contribution in [2.45, 2.75) is 13.8 Å². The maximum Gasteiger partial charge on any atom is 0.227 e. The molecule has 0 amide bonds. The summed E-state index contributed by atoms with van der Waals surface area (Å²) in [6.07, 6.45) is 0. The summed E-state index contributed by atoms with van der Waals surface area (Å²) in [5.74, 6) is 1.24. The Morgan fingerprint density at radius 3 is 1.38 bits per heavy atom. The number of hydrogen-bond acceptors (Lipinski definition) is 4. The lowest BCUT2D eigenvalue weighted by Crippen LogP contribution is -1.80. The van der Waals surface area contributed by atoms with Gasteiger partial charge in [-0.05, 0) is 61.4 Å². The second kappa shape index (κ2) is 5.56. The monoisotopic (exact) mass is 340 g/mol. The fraction of sp³-hybridized carbons (Fsp3) is 0.0909. The number of rotatable bonds is 2. The average molecular weight is 340 g/mol. The van der Waals surface area contributed by atoms with Gasteiger partial charge < -0.3 is 8.83 Å². The molecule has 4 heteroatoms. The van der Waals surface area contributed by atoms with Crippen LogP contribution in [0.1, 0.15) is 11.1 Å². The van der Waals surface area contributed by atoms with Gasteiger partial charge in [-0.3, -0.25) is 0 Å². The summed E-state index contributed by atoms with van der Waals surface area (Å²) in [5, 5.41) is 0. The van der Waals surface area contributed by atoms with Crippen LogP contribution in [0.5, 0.6) is 0 Å². The van der Waals surface area contributed by atoms with Crippen LogP contribution in [0, 0.1) is 13.8 Å². The van der Waals surface area contributed by atoms with Gasteiger partial charge in [-0.2, -0.15) is 0 Å². The van der Waals surface area contributed by atoms with E-state index in [1.165, 1.54) is 0 Å². The van der Waals surface area contributed by atoms with Crippen molar-refractivity contribution in [3.8, 4) is 22.9 Å². The quantitative estimate of drug-likeness (QED) is 0.400. The Bertz CT molecular complexity index is 1150. The Morgan fingerprint density at radius 1 is 0.577 bits per heavy atom. The molecular formula is C22H16N2O2. The highest BCUT2D eigenvalue weighted by molar-refractivity contribution is 5.81. The standard InChI is InChI=1S/C22H16N2O2/c1-13-5-3-7-17-19(13)25-21(23-17)15-9-11-16(12-10-15)22-24-18-8-4-6-14(2)20(18)26-22/h3-12H,1-2H3. The Labute approximate surface area is 150 Å². The second-order valence-corrected chi connectivity index (χ2v) is 6.46. The maximum atomic E-state index is 5.94. The van der Waals surface area contributed by atoms with Crippen molar-refractivity contribution in [3.05, 3.63) is 71.8 Å². The molecule has 5 aromatic rings. The van der Waals surface area contributed by atoms with E-state index in [4.69, 9.17) is 8.83 Å². The number of aromatic nitrogens is 2. The van der Waals surface area contributed by atoms with Gasteiger partial charge >= 0.3 is 0 Å². The molecule has 26 heavy (non-hydrogen) atoms. The van der Waals surface area contributed by atoms with Gasteiger partial charge in [-0.25, -0.2) is 9.97 Å². The van der Waals surface area contributed by atoms with Gasteiger partial charge in [0.2, 0.25) is 11.8 Å². The van der Waals surface area contributed by atoms with Crippen molar-refractivity contribution in [2.24, 2.45) is 0 Å². The number of para-hydroxylation sites is 2. The van der Waals surface area contributed by atoms with E-state index in [2.05, 4.69) is 9.97 Å².